The van der Waals surface area contributed by atoms with Crippen LogP contribution in [0.2, 0.25) is 5.02 Å². The van der Waals surface area contributed by atoms with Crippen LogP contribution >= 0.6 is 11.6 Å². The fraction of sp³-hybridized carbons (Fsp3) is 0.409. The Labute approximate surface area is 163 Å². The van der Waals surface area contributed by atoms with E-state index < -0.39 is 0 Å². The molecule has 1 N–H and O–H groups in total. The van der Waals surface area contributed by atoms with Gasteiger partial charge in [-0.25, -0.2) is 0 Å². The first-order valence-corrected chi connectivity index (χ1v) is 9.88. The summed E-state index contributed by atoms with van der Waals surface area (Å²) in [5, 5.41) is 4.20. The number of benzene rings is 2. The van der Waals surface area contributed by atoms with Crippen LogP contribution in [0, 0.1) is 0 Å². The lowest BCUT2D eigenvalue weighted by Crippen LogP contribution is -2.24. The van der Waals surface area contributed by atoms with E-state index >= 15 is 0 Å². The van der Waals surface area contributed by atoms with Crippen LogP contribution in [0.5, 0.6) is 0 Å². The highest BCUT2D eigenvalue weighted by atomic mass is 35.5. The van der Waals surface area contributed by atoms with Crippen molar-refractivity contribution in [2.45, 2.75) is 39.7 Å². The zero-order valence-corrected chi connectivity index (χ0v) is 16.8. The fourth-order valence-electron chi connectivity index (χ4n) is 2.88. The first kappa shape index (κ1) is 20.5. The van der Waals surface area contributed by atoms with Gasteiger partial charge in [-0.1, -0.05) is 43.6 Å². The number of halogens is 1. The smallest absolute Gasteiger partial charge is 0.132 e. The lowest BCUT2D eigenvalue weighted by Gasteiger charge is -2.19. The Kier molecular flexibility index (Phi) is 8.66. The van der Waals surface area contributed by atoms with Crippen molar-refractivity contribution in [1.29, 1.82) is 0 Å². The second-order valence-corrected chi connectivity index (χ2v) is 6.93. The molecule has 4 heteroatoms. The summed E-state index contributed by atoms with van der Waals surface area (Å²) in [4.78, 5) is 7.42. The minimum atomic E-state index is 0.257. The summed E-state index contributed by atoms with van der Waals surface area (Å²) in [6.45, 7) is 9.97. The molecule has 0 aliphatic rings. The first-order valence-electron chi connectivity index (χ1n) is 9.50. The summed E-state index contributed by atoms with van der Waals surface area (Å²) < 4.78 is 0. The van der Waals surface area contributed by atoms with Crippen molar-refractivity contribution >= 4 is 23.1 Å². The number of para-hydroxylation sites is 1. The molecule has 0 aliphatic carbocycles. The van der Waals surface area contributed by atoms with Crippen LogP contribution in [0.4, 0.5) is 5.69 Å². The quantitative estimate of drug-likeness (QED) is 0.451. The zero-order chi connectivity index (χ0) is 18.8. The van der Waals surface area contributed by atoms with E-state index in [4.69, 9.17) is 16.6 Å². The van der Waals surface area contributed by atoms with Crippen LogP contribution in [-0.2, 0) is 0 Å². The third-order valence-corrected chi connectivity index (χ3v) is 4.75. The summed E-state index contributed by atoms with van der Waals surface area (Å²) in [7, 11) is 0. The van der Waals surface area contributed by atoms with Gasteiger partial charge < -0.3 is 10.2 Å². The van der Waals surface area contributed by atoms with E-state index in [-0.39, 0.29) is 6.04 Å². The van der Waals surface area contributed by atoms with Crippen LogP contribution < -0.4 is 5.32 Å². The number of hydrogen-bond donors (Lipinski definition) is 1. The molecule has 2 aromatic carbocycles. The minimum Gasteiger partial charge on any atom is -0.340 e. The van der Waals surface area contributed by atoms with Crippen LogP contribution in [0.15, 0.2) is 59.6 Å². The first-order chi connectivity index (χ1) is 12.6. The molecule has 0 spiro atoms. The molecule has 1 unspecified atom stereocenters. The van der Waals surface area contributed by atoms with Gasteiger partial charge >= 0.3 is 0 Å². The molecule has 26 heavy (non-hydrogen) atoms. The maximum atomic E-state index is 6.04. The lowest BCUT2D eigenvalue weighted by atomic mass is 10.1. The number of hydrogen-bond acceptors (Lipinski definition) is 2. The maximum Gasteiger partial charge on any atom is 0.132 e. The Morgan fingerprint density at radius 1 is 1.04 bits per heavy atom. The van der Waals surface area contributed by atoms with E-state index in [9.17, 15) is 0 Å². The number of anilines is 1. The van der Waals surface area contributed by atoms with Crippen LogP contribution in [-0.4, -0.2) is 36.4 Å². The van der Waals surface area contributed by atoms with Crippen molar-refractivity contribution in [2.75, 3.05) is 25.0 Å². The number of amidine groups is 1. The van der Waals surface area contributed by atoms with Crippen molar-refractivity contribution in [1.82, 2.24) is 4.90 Å². The fourth-order valence-corrected chi connectivity index (χ4v) is 3.01. The molecular weight excluding hydrogens is 342 g/mol. The predicted molar refractivity (Wildman–Crippen MR) is 115 cm³/mol. The molecule has 0 aromatic heterocycles. The maximum absolute atomic E-state index is 6.04. The van der Waals surface area contributed by atoms with Crippen molar-refractivity contribution in [3.8, 4) is 0 Å². The average molecular weight is 372 g/mol. The van der Waals surface area contributed by atoms with E-state index in [2.05, 4.69) is 43.1 Å². The Balaban J connectivity index is 2.09. The van der Waals surface area contributed by atoms with Gasteiger partial charge in [0.1, 0.15) is 5.84 Å². The molecule has 1 atom stereocenters. The van der Waals surface area contributed by atoms with Crippen molar-refractivity contribution < 1.29 is 0 Å². The monoisotopic (exact) mass is 371 g/mol. The van der Waals surface area contributed by atoms with E-state index in [1.54, 1.807) is 0 Å². The minimum absolute atomic E-state index is 0.257. The van der Waals surface area contributed by atoms with Gasteiger partial charge in [-0.2, -0.15) is 0 Å². The molecule has 0 radical (unpaired) electrons. The second kappa shape index (κ2) is 11.0. The van der Waals surface area contributed by atoms with Gasteiger partial charge in [0, 0.05) is 22.3 Å². The highest BCUT2D eigenvalue weighted by Crippen LogP contribution is 2.15. The van der Waals surface area contributed by atoms with Gasteiger partial charge in [-0.05, 0) is 75.8 Å². The Morgan fingerprint density at radius 3 is 2.31 bits per heavy atom. The Bertz CT molecular complexity index is 664. The topological polar surface area (TPSA) is 27.6 Å². The van der Waals surface area contributed by atoms with Gasteiger partial charge in [0.2, 0.25) is 0 Å². The number of nitrogens with zero attached hydrogens (tertiary/aromatic N) is 2. The second-order valence-electron chi connectivity index (χ2n) is 6.49. The van der Waals surface area contributed by atoms with Gasteiger partial charge in [0.05, 0.1) is 0 Å². The van der Waals surface area contributed by atoms with E-state index in [0.29, 0.717) is 0 Å². The zero-order valence-electron chi connectivity index (χ0n) is 16.1. The molecule has 2 rings (SSSR count). The van der Waals surface area contributed by atoms with Gasteiger partial charge in [0.15, 0.2) is 0 Å². The molecule has 3 nitrogen and oxygen atoms in total. The highest BCUT2D eigenvalue weighted by molar-refractivity contribution is 6.30. The summed E-state index contributed by atoms with van der Waals surface area (Å²) in [6.07, 6.45) is 2.23. The lowest BCUT2D eigenvalue weighted by molar-refractivity contribution is 0.294. The van der Waals surface area contributed by atoms with Crippen molar-refractivity contribution in [3.63, 3.8) is 0 Å². The van der Waals surface area contributed by atoms with Crippen LogP contribution in [0.1, 0.15) is 39.2 Å². The summed E-state index contributed by atoms with van der Waals surface area (Å²) in [5.41, 5.74) is 2.09. The summed E-state index contributed by atoms with van der Waals surface area (Å²) in [6, 6.07) is 18.3. The summed E-state index contributed by atoms with van der Waals surface area (Å²) >= 11 is 6.04. The van der Waals surface area contributed by atoms with E-state index in [1.807, 2.05) is 42.5 Å². The largest absolute Gasteiger partial charge is 0.340 e. The standard InChI is InChI=1S/C22H30ClN3/c1-4-26(5-2)17-9-10-18(3)24-22(19-13-15-20(23)16-14-19)25-21-11-7-6-8-12-21/h6-8,11-16,18H,4-5,9-10,17H2,1-3H3,(H,24,25). The molecule has 140 valence electrons. The van der Waals surface area contributed by atoms with Gasteiger partial charge in [-0.15, -0.1) is 0 Å². The van der Waals surface area contributed by atoms with Gasteiger partial charge in [0.25, 0.3) is 0 Å². The molecule has 0 aliphatic heterocycles. The molecule has 0 fully saturated rings. The molecule has 0 saturated heterocycles. The third kappa shape index (κ3) is 6.81. The van der Waals surface area contributed by atoms with Crippen LogP contribution in [0.3, 0.4) is 0 Å². The third-order valence-electron chi connectivity index (χ3n) is 4.49. The molecule has 0 heterocycles. The average Bonchev–Trinajstić information content (AvgIpc) is 2.66. The van der Waals surface area contributed by atoms with E-state index in [1.165, 1.54) is 0 Å². The van der Waals surface area contributed by atoms with Crippen molar-refractivity contribution in [2.24, 2.45) is 4.99 Å². The van der Waals surface area contributed by atoms with Gasteiger partial charge in [-0.3, -0.25) is 4.99 Å². The molecule has 0 amide bonds. The van der Waals surface area contributed by atoms with Crippen molar-refractivity contribution in [3.05, 3.63) is 65.2 Å². The Hall–Kier alpha value is -1.84. The van der Waals surface area contributed by atoms with Crippen LogP contribution in [0.25, 0.3) is 0 Å². The normalized spacial score (nSPS) is 13.0. The number of nitrogens with one attached hydrogen (secondary N) is 1. The molecule has 0 saturated carbocycles. The summed E-state index contributed by atoms with van der Waals surface area (Å²) in [5.74, 6) is 0.892. The number of aliphatic imine (C=N–C) groups is 1. The Morgan fingerprint density at radius 2 is 1.69 bits per heavy atom. The predicted octanol–water partition coefficient (Wildman–Crippen LogP) is 5.71. The number of rotatable bonds is 9. The SMILES string of the molecule is CCN(CC)CCCC(C)N=C(Nc1ccccc1)c1ccc(Cl)cc1. The molecule has 2 aromatic rings. The van der Waals surface area contributed by atoms with E-state index in [0.717, 1.165) is 54.6 Å². The highest BCUT2D eigenvalue weighted by Gasteiger charge is 2.08. The molecule has 0 bridgehead atoms. The molecular formula is C22H30ClN3.